The minimum Gasteiger partial charge on any atom is -0.491 e. The average molecular weight is 274 g/mol. The summed E-state index contributed by atoms with van der Waals surface area (Å²) in [7, 11) is 0. The van der Waals surface area contributed by atoms with Crippen molar-refractivity contribution in [1.29, 1.82) is 0 Å². The molecule has 20 heavy (non-hydrogen) atoms. The summed E-state index contributed by atoms with van der Waals surface area (Å²) in [6, 6.07) is 5.93. The molecule has 1 aliphatic heterocycles. The van der Waals surface area contributed by atoms with Crippen LogP contribution in [-0.4, -0.2) is 31.0 Å². The minimum atomic E-state index is 0.106. The van der Waals surface area contributed by atoms with E-state index in [9.17, 15) is 0 Å². The molecule has 3 heteroatoms. The Morgan fingerprint density at radius 3 is 3.00 bits per heavy atom. The van der Waals surface area contributed by atoms with Crippen molar-refractivity contribution < 1.29 is 14.6 Å². The molecule has 0 bridgehead atoms. The Hall–Kier alpha value is -1.50. The van der Waals surface area contributed by atoms with Crippen molar-refractivity contribution in [2.45, 2.75) is 38.7 Å². The maximum absolute atomic E-state index is 8.70. The topological polar surface area (TPSA) is 38.7 Å². The van der Waals surface area contributed by atoms with E-state index in [1.54, 1.807) is 0 Å². The van der Waals surface area contributed by atoms with Gasteiger partial charge >= 0.3 is 0 Å². The van der Waals surface area contributed by atoms with E-state index in [0.717, 1.165) is 36.3 Å². The van der Waals surface area contributed by atoms with Gasteiger partial charge < -0.3 is 14.6 Å². The molecule has 1 aromatic rings. The molecule has 2 rings (SSSR count). The molecule has 0 aromatic heterocycles. The molecular formula is C17H22O3. The lowest BCUT2D eigenvalue weighted by molar-refractivity contribution is -0.0111. The maximum Gasteiger partial charge on any atom is 0.122 e. The van der Waals surface area contributed by atoms with Crippen molar-refractivity contribution in [3.8, 4) is 17.6 Å². The summed E-state index contributed by atoms with van der Waals surface area (Å²) in [6.45, 7) is 3.60. The molecular weight excluding hydrogens is 252 g/mol. The first kappa shape index (κ1) is 14.9. The molecule has 1 N–H and O–H groups in total. The van der Waals surface area contributed by atoms with Gasteiger partial charge in [-0.25, -0.2) is 0 Å². The van der Waals surface area contributed by atoms with Gasteiger partial charge in [0, 0.05) is 18.6 Å². The molecule has 1 saturated heterocycles. The van der Waals surface area contributed by atoms with E-state index in [-0.39, 0.29) is 12.7 Å². The Morgan fingerprint density at radius 2 is 2.30 bits per heavy atom. The van der Waals surface area contributed by atoms with Crippen LogP contribution in [0.2, 0.25) is 0 Å². The van der Waals surface area contributed by atoms with Crippen molar-refractivity contribution in [2.24, 2.45) is 0 Å². The first-order chi connectivity index (χ1) is 9.79. The quantitative estimate of drug-likeness (QED) is 0.858. The Labute approximate surface area is 120 Å². The van der Waals surface area contributed by atoms with Crippen LogP contribution in [0.3, 0.4) is 0 Å². The molecule has 0 saturated carbocycles. The van der Waals surface area contributed by atoms with Crippen LogP contribution in [0.5, 0.6) is 5.75 Å². The first-order valence-corrected chi connectivity index (χ1v) is 7.24. The fourth-order valence-electron chi connectivity index (χ4n) is 2.23. The summed E-state index contributed by atoms with van der Waals surface area (Å²) in [5, 5.41) is 8.70. The van der Waals surface area contributed by atoms with E-state index >= 15 is 0 Å². The van der Waals surface area contributed by atoms with Gasteiger partial charge in [0.25, 0.3) is 0 Å². The number of aliphatic hydroxyl groups excluding tert-OH is 1. The zero-order chi connectivity index (χ0) is 14.2. The van der Waals surface area contributed by atoms with Gasteiger partial charge in [-0.15, -0.1) is 0 Å². The summed E-state index contributed by atoms with van der Waals surface area (Å²) >= 11 is 0. The van der Waals surface area contributed by atoms with Gasteiger partial charge in [-0.1, -0.05) is 11.8 Å². The van der Waals surface area contributed by atoms with E-state index in [1.165, 1.54) is 6.42 Å². The fourth-order valence-corrected chi connectivity index (χ4v) is 2.23. The smallest absolute Gasteiger partial charge is 0.122 e. The van der Waals surface area contributed by atoms with Crippen LogP contribution >= 0.6 is 0 Å². The van der Waals surface area contributed by atoms with Crippen LogP contribution < -0.4 is 4.74 Å². The van der Waals surface area contributed by atoms with Gasteiger partial charge in [-0.05, 0) is 49.9 Å². The number of aryl methyl sites for hydroxylation is 1. The standard InChI is InChI=1S/C17H22O3/c1-14-12-15(6-2-4-10-18)8-9-17(14)20-13-16-7-3-5-11-19-16/h8-9,12,16,18H,3-5,7,10-11,13H2,1H3. The molecule has 1 heterocycles. The number of rotatable bonds is 4. The maximum atomic E-state index is 8.70. The van der Waals surface area contributed by atoms with Crippen LogP contribution in [0.15, 0.2) is 18.2 Å². The number of hydrogen-bond acceptors (Lipinski definition) is 3. The zero-order valence-electron chi connectivity index (χ0n) is 12.0. The van der Waals surface area contributed by atoms with Gasteiger partial charge in [0.2, 0.25) is 0 Å². The highest BCUT2D eigenvalue weighted by atomic mass is 16.5. The van der Waals surface area contributed by atoms with Crippen LogP contribution in [0.25, 0.3) is 0 Å². The third-order valence-corrected chi connectivity index (χ3v) is 3.34. The number of ether oxygens (including phenoxy) is 2. The highest BCUT2D eigenvalue weighted by molar-refractivity contribution is 5.43. The monoisotopic (exact) mass is 274 g/mol. The Balaban J connectivity index is 1.90. The summed E-state index contributed by atoms with van der Waals surface area (Å²) in [5.74, 6) is 6.85. The number of hydrogen-bond donors (Lipinski definition) is 1. The van der Waals surface area contributed by atoms with Crippen LogP contribution in [0.1, 0.15) is 36.8 Å². The van der Waals surface area contributed by atoms with Gasteiger partial charge in [0.15, 0.2) is 0 Å². The zero-order valence-corrected chi connectivity index (χ0v) is 12.0. The molecule has 108 valence electrons. The normalized spacial score (nSPS) is 18.2. The van der Waals surface area contributed by atoms with E-state index in [0.29, 0.717) is 13.0 Å². The molecule has 0 radical (unpaired) electrons. The first-order valence-electron chi connectivity index (χ1n) is 7.24. The Kier molecular flexibility index (Phi) is 5.91. The van der Waals surface area contributed by atoms with Gasteiger partial charge in [-0.3, -0.25) is 0 Å². The predicted octanol–water partition coefficient (Wildman–Crippen LogP) is 2.68. The Bertz CT molecular complexity index is 479. The van der Waals surface area contributed by atoms with Gasteiger partial charge in [0.05, 0.1) is 12.7 Å². The predicted molar refractivity (Wildman–Crippen MR) is 78.8 cm³/mol. The van der Waals surface area contributed by atoms with Gasteiger partial charge in [0.1, 0.15) is 12.4 Å². The number of aliphatic hydroxyl groups is 1. The van der Waals surface area contributed by atoms with Crippen LogP contribution in [0, 0.1) is 18.8 Å². The molecule has 3 nitrogen and oxygen atoms in total. The van der Waals surface area contributed by atoms with E-state index in [1.807, 2.05) is 25.1 Å². The van der Waals surface area contributed by atoms with Crippen molar-refractivity contribution in [2.75, 3.05) is 19.8 Å². The molecule has 0 amide bonds. The Morgan fingerprint density at radius 1 is 1.40 bits per heavy atom. The minimum absolute atomic E-state index is 0.106. The second-order valence-electron chi connectivity index (χ2n) is 5.06. The van der Waals surface area contributed by atoms with Gasteiger partial charge in [-0.2, -0.15) is 0 Å². The highest BCUT2D eigenvalue weighted by Crippen LogP contribution is 2.20. The van der Waals surface area contributed by atoms with Crippen LogP contribution in [-0.2, 0) is 4.74 Å². The SMILES string of the molecule is Cc1cc(C#CCCO)ccc1OCC1CCCCO1. The van der Waals surface area contributed by atoms with E-state index in [2.05, 4.69) is 11.8 Å². The lowest BCUT2D eigenvalue weighted by Gasteiger charge is -2.23. The lowest BCUT2D eigenvalue weighted by Crippen LogP contribution is -2.25. The summed E-state index contributed by atoms with van der Waals surface area (Å²) in [4.78, 5) is 0. The summed E-state index contributed by atoms with van der Waals surface area (Å²) in [6.07, 6.45) is 4.22. The van der Waals surface area contributed by atoms with Crippen molar-refractivity contribution in [3.05, 3.63) is 29.3 Å². The third kappa shape index (κ3) is 4.56. The van der Waals surface area contributed by atoms with Crippen molar-refractivity contribution in [1.82, 2.24) is 0 Å². The second-order valence-corrected chi connectivity index (χ2v) is 5.06. The van der Waals surface area contributed by atoms with E-state index in [4.69, 9.17) is 14.6 Å². The molecule has 1 aliphatic rings. The molecule has 1 aromatic carbocycles. The molecule has 1 fully saturated rings. The van der Waals surface area contributed by atoms with Crippen LogP contribution in [0.4, 0.5) is 0 Å². The third-order valence-electron chi connectivity index (χ3n) is 3.34. The number of benzene rings is 1. The summed E-state index contributed by atoms with van der Waals surface area (Å²) < 4.78 is 11.5. The second kappa shape index (κ2) is 7.94. The molecule has 0 spiro atoms. The average Bonchev–Trinajstić information content (AvgIpc) is 2.48. The molecule has 1 unspecified atom stereocenters. The van der Waals surface area contributed by atoms with Crippen molar-refractivity contribution >= 4 is 0 Å². The highest BCUT2D eigenvalue weighted by Gasteiger charge is 2.14. The fraction of sp³-hybridized carbons (Fsp3) is 0.529. The molecule has 1 atom stereocenters. The molecule has 0 aliphatic carbocycles. The van der Waals surface area contributed by atoms with Crippen molar-refractivity contribution in [3.63, 3.8) is 0 Å². The summed E-state index contributed by atoms with van der Waals surface area (Å²) in [5.41, 5.74) is 2.04. The largest absolute Gasteiger partial charge is 0.491 e. The lowest BCUT2D eigenvalue weighted by atomic mass is 10.1. The van der Waals surface area contributed by atoms with E-state index < -0.39 is 0 Å².